The largest absolute Gasteiger partial charge is 0.309 e. The first-order valence-corrected chi connectivity index (χ1v) is 11.2. The minimum atomic E-state index is -0.219. The van der Waals surface area contributed by atoms with E-state index >= 15 is 0 Å². The highest BCUT2D eigenvalue weighted by Gasteiger charge is 2.16. The van der Waals surface area contributed by atoms with Gasteiger partial charge in [0.1, 0.15) is 0 Å². The molecule has 2 amide bonds. The summed E-state index contributed by atoms with van der Waals surface area (Å²) in [5, 5.41) is 15.1. The van der Waals surface area contributed by atoms with Crippen LogP contribution in [-0.4, -0.2) is 27.0 Å². The molecule has 0 radical (unpaired) electrons. The van der Waals surface area contributed by atoms with Gasteiger partial charge in [0, 0.05) is 22.7 Å². The molecular formula is C22H25N5O2S. The average molecular weight is 424 g/mol. The Morgan fingerprint density at radius 2 is 1.90 bits per heavy atom. The minimum absolute atomic E-state index is 0.128. The lowest BCUT2D eigenvalue weighted by atomic mass is 9.86. The summed E-state index contributed by atoms with van der Waals surface area (Å²) in [4.78, 5) is 28.9. The Morgan fingerprint density at radius 3 is 2.70 bits per heavy atom. The van der Waals surface area contributed by atoms with Crippen LogP contribution in [0.15, 0.2) is 41.8 Å². The second-order valence-electron chi connectivity index (χ2n) is 7.68. The van der Waals surface area contributed by atoms with Crippen molar-refractivity contribution in [2.75, 3.05) is 10.6 Å². The molecule has 3 aromatic rings. The Balaban J connectivity index is 1.27. The van der Waals surface area contributed by atoms with E-state index < -0.39 is 0 Å². The molecule has 1 saturated carbocycles. The number of carbonyl (C=O) groups is 2. The van der Waals surface area contributed by atoms with Gasteiger partial charge in [-0.2, -0.15) is 5.10 Å². The summed E-state index contributed by atoms with van der Waals surface area (Å²) in [6, 6.07) is 10.9. The molecule has 7 nitrogen and oxygen atoms in total. The standard InChI is InChI=1S/C22H25N5O2S/c28-20(24-19-12-17(26-27-19)11-15-7-3-1-4-8-15)13-18-14-30-22(23-18)25-21(29)16-9-5-2-6-10-16/h2,5-6,9-10,12,14-15H,1,3-4,7-8,11,13H2,(H,23,25,29)(H2,24,26,27,28). The van der Waals surface area contributed by atoms with Crippen LogP contribution >= 0.6 is 11.3 Å². The predicted molar refractivity (Wildman–Crippen MR) is 118 cm³/mol. The molecule has 3 N–H and O–H groups in total. The third-order valence-electron chi connectivity index (χ3n) is 5.28. The minimum Gasteiger partial charge on any atom is -0.309 e. The molecule has 2 heterocycles. The lowest BCUT2D eigenvalue weighted by Gasteiger charge is -2.20. The number of nitrogens with one attached hydrogen (secondary N) is 3. The number of hydrogen-bond donors (Lipinski definition) is 3. The number of thiazole rings is 1. The van der Waals surface area contributed by atoms with Crippen LogP contribution in [0, 0.1) is 5.92 Å². The van der Waals surface area contributed by atoms with Crippen molar-refractivity contribution in [2.45, 2.75) is 44.9 Å². The first kappa shape index (κ1) is 20.3. The maximum atomic E-state index is 12.3. The molecule has 1 aromatic carbocycles. The molecular weight excluding hydrogens is 398 g/mol. The number of hydrogen-bond acceptors (Lipinski definition) is 5. The van der Waals surface area contributed by atoms with Crippen molar-refractivity contribution in [2.24, 2.45) is 5.92 Å². The van der Waals surface area contributed by atoms with Crippen molar-refractivity contribution < 1.29 is 9.59 Å². The van der Waals surface area contributed by atoms with E-state index in [0.717, 1.165) is 12.1 Å². The van der Waals surface area contributed by atoms with Gasteiger partial charge in [0.25, 0.3) is 5.91 Å². The van der Waals surface area contributed by atoms with Gasteiger partial charge >= 0.3 is 0 Å². The van der Waals surface area contributed by atoms with Crippen LogP contribution in [0.5, 0.6) is 0 Å². The van der Waals surface area contributed by atoms with Crippen LogP contribution < -0.4 is 10.6 Å². The van der Waals surface area contributed by atoms with Gasteiger partial charge in [0.15, 0.2) is 10.9 Å². The van der Waals surface area contributed by atoms with Crippen molar-refractivity contribution in [1.29, 1.82) is 0 Å². The van der Waals surface area contributed by atoms with Crippen molar-refractivity contribution in [3.8, 4) is 0 Å². The Morgan fingerprint density at radius 1 is 1.10 bits per heavy atom. The molecule has 0 atom stereocenters. The Kier molecular flexibility index (Phi) is 6.53. The molecule has 1 fully saturated rings. The summed E-state index contributed by atoms with van der Waals surface area (Å²) < 4.78 is 0. The van der Waals surface area contributed by atoms with Crippen LogP contribution in [0.1, 0.15) is 53.8 Å². The second-order valence-corrected chi connectivity index (χ2v) is 8.53. The van der Waals surface area contributed by atoms with E-state index in [1.54, 1.807) is 17.5 Å². The molecule has 8 heteroatoms. The van der Waals surface area contributed by atoms with Crippen molar-refractivity contribution in [3.63, 3.8) is 0 Å². The summed E-state index contributed by atoms with van der Waals surface area (Å²) >= 11 is 1.30. The molecule has 4 rings (SSSR count). The Labute approximate surface area is 179 Å². The molecule has 1 aliphatic carbocycles. The lowest BCUT2D eigenvalue weighted by Crippen LogP contribution is -2.15. The first-order chi connectivity index (χ1) is 14.7. The van der Waals surface area contributed by atoms with Crippen molar-refractivity contribution >= 4 is 34.1 Å². The fraction of sp³-hybridized carbons (Fsp3) is 0.364. The summed E-state index contributed by atoms with van der Waals surface area (Å²) in [5.74, 6) is 0.848. The SMILES string of the molecule is O=C(Cc1csc(NC(=O)c2ccccc2)n1)Nc1cc(CC2CCCCC2)[nH]n1. The van der Waals surface area contributed by atoms with Crippen molar-refractivity contribution in [3.05, 3.63) is 58.7 Å². The Bertz CT molecular complexity index is 992. The summed E-state index contributed by atoms with van der Waals surface area (Å²) in [5.41, 5.74) is 2.24. The number of H-pyrrole nitrogens is 1. The number of amides is 2. The maximum absolute atomic E-state index is 12.3. The van der Waals surface area contributed by atoms with Gasteiger partial charge in [0.05, 0.1) is 12.1 Å². The van der Waals surface area contributed by atoms with Crippen LogP contribution in [-0.2, 0) is 17.6 Å². The number of rotatable bonds is 7. The number of aromatic amines is 1. The molecule has 0 spiro atoms. The Hall–Kier alpha value is -3.00. The monoisotopic (exact) mass is 423 g/mol. The van der Waals surface area contributed by atoms with Crippen LogP contribution in [0.2, 0.25) is 0 Å². The first-order valence-electron chi connectivity index (χ1n) is 10.3. The third-order valence-corrected chi connectivity index (χ3v) is 6.09. The molecule has 0 bridgehead atoms. The van der Waals surface area contributed by atoms with Gasteiger partial charge < -0.3 is 5.32 Å². The zero-order valence-electron chi connectivity index (χ0n) is 16.7. The van der Waals surface area contributed by atoms with E-state index in [-0.39, 0.29) is 18.2 Å². The van der Waals surface area contributed by atoms with E-state index in [1.807, 2.05) is 24.3 Å². The fourth-order valence-electron chi connectivity index (χ4n) is 3.79. The van der Waals surface area contributed by atoms with Gasteiger partial charge in [-0.3, -0.25) is 20.0 Å². The normalized spacial score (nSPS) is 14.4. The summed E-state index contributed by atoms with van der Waals surface area (Å²) in [6.07, 6.45) is 7.62. The number of benzene rings is 1. The van der Waals surface area contributed by atoms with E-state index in [0.29, 0.717) is 28.1 Å². The molecule has 156 valence electrons. The van der Waals surface area contributed by atoms with E-state index in [9.17, 15) is 9.59 Å². The number of nitrogens with zero attached hydrogens (tertiary/aromatic N) is 2. The van der Waals surface area contributed by atoms with E-state index in [4.69, 9.17) is 0 Å². The highest BCUT2D eigenvalue weighted by atomic mass is 32.1. The quantitative estimate of drug-likeness (QED) is 0.524. The molecule has 2 aromatic heterocycles. The molecule has 1 aliphatic rings. The summed E-state index contributed by atoms with van der Waals surface area (Å²) in [6.45, 7) is 0. The highest BCUT2D eigenvalue weighted by Crippen LogP contribution is 2.26. The zero-order chi connectivity index (χ0) is 20.8. The molecule has 0 saturated heterocycles. The number of anilines is 2. The third kappa shape index (κ3) is 5.54. The predicted octanol–water partition coefficient (Wildman–Crippen LogP) is 4.42. The lowest BCUT2D eigenvalue weighted by molar-refractivity contribution is -0.115. The van der Waals surface area contributed by atoms with Crippen LogP contribution in [0.3, 0.4) is 0 Å². The van der Waals surface area contributed by atoms with Gasteiger partial charge in [-0.05, 0) is 24.5 Å². The smallest absolute Gasteiger partial charge is 0.257 e. The van der Waals surface area contributed by atoms with Gasteiger partial charge in [-0.15, -0.1) is 11.3 Å². The summed E-state index contributed by atoms with van der Waals surface area (Å²) in [7, 11) is 0. The molecule has 0 aliphatic heterocycles. The van der Waals surface area contributed by atoms with Gasteiger partial charge in [-0.1, -0.05) is 50.3 Å². The highest BCUT2D eigenvalue weighted by molar-refractivity contribution is 7.14. The van der Waals surface area contributed by atoms with E-state index in [1.165, 1.54) is 43.4 Å². The topological polar surface area (TPSA) is 99.8 Å². The fourth-order valence-corrected chi connectivity index (χ4v) is 4.49. The second kappa shape index (κ2) is 9.67. The van der Waals surface area contributed by atoms with Crippen molar-refractivity contribution in [1.82, 2.24) is 15.2 Å². The zero-order valence-corrected chi connectivity index (χ0v) is 17.5. The van der Waals surface area contributed by atoms with Gasteiger partial charge in [0.2, 0.25) is 5.91 Å². The van der Waals surface area contributed by atoms with Crippen LogP contribution in [0.4, 0.5) is 10.9 Å². The number of aromatic nitrogens is 3. The maximum Gasteiger partial charge on any atom is 0.257 e. The molecule has 30 heavy (non-hydrogen) atoms. The number of carbonyl (C=O) groups excluding carboxylic acids is 2. The van der Waals surface area contributed by atoms with E-state index in [2.05, 4.69) is 25.8 Å². The average Bonchev–Trinajstić information content (AvgIpc) is 3.38. The molecule has 0 unspecified atom stereocenters. The van der Waals surface area contributed by atoms with Crippen LogP contribution in [0.25, 0.3) is 0 Å². The van der Waals surface area contributed by atoms with Gasteiger partial charge in [-0.25, -0.2) is 4.98 Å².